The van der Waals surface area contributed by atoms with Crippen LogP contribution < -0.4 is 0 Å². The molecule has 186 valence electrons. The summed E-state index contributed by atoms with van der Waals surface area (Å²) in [6, 6.07) is 14.7. The molecular weight excluding hydrogens is 455 g/mol. The molecule has 0 radical (unpaired) electrons. The fourth-order valence-electron chi connectivity index (χ4n) is 5.32. The summed E-state index contributed by atoms with van der Waals surface area (Å²) in [5.74, 6) is 0.567. The Kier molecular flexibility index (Phi) is 7.09. The van der Waals surface area contributed by atoms with Crippen LogP contribution in [0.3, 0.4) is 0 Å². The molecule has 0 N–H and O–H groups in total. The van der Waals surface area contributed by atoms with Gasteiger partial charge in [0.05, 0.1) is 22.9 Å². The van der Waals surface area contributed by atoms with Gasteiger partial charge in [-0.25, -0.2) is 4.39 Å². The summed E-state index contributed by atoms with van der Waals surface area (Å²) in [7, 11) is 1.84. The molecule has 1 unspecified atom stereocenters. The van der Waals surface area contributed by atoms with Crippen molar-refractivity contribution in [2.75, 3.05) is 20.1 Å². The first-order valence-electron chi connectivity index (χ1n) is 12.5. The van der Waals surface area contributed by atoms with Crippen molar-refractivity contribution in [2.45, 2.75) is 38.8 Å². The van der Waals surface area contributed by atoms with Crippen LogP contribution in [-0.4, -0.2) is 51.9 Å². The SMILES string of the molecule is Cc1occc1C(=O)N(C)C(Cc1ccccc1F)C1CCN(Cc2ccc3nccnc3c2)CC1. The van der Waals surface area contributed by atoms with E-state index in [0.29, 0.717) is 23.3 Å². The predicted octanol–water partition coefficient (Wildman–Crippen LogP) is 5.27. The lowest BCUT2D eigenvalue weighted by molar-refractivity contribution is 0.0582. The van der Waals surface area contributed by atoms with Gasteiger partial charge in [0.1, 0.15) is 11.6 Å². The summed E-state index contributed by atoms with van der Waals surface area (Å²) < 4.78 is 20.0. The van der Waals surface area contributed by atoms with E-state index in [4.69, 9.17) is 4.42 Å². The van der Waals surface area contributed by atoms with Crippen LogP contribution in [0.2, 0.25) is 0 Å². The van der Waals surface area contributed by atoms with Gasteiger partial charge in [0.2, 0.25) is 0 Å². The first-order chi connectivity index (χ1) is 17.5. The van der Waals surface area contributed by atoms with Crippen LogP contribution in [0, 0.1) is 18.7 Å². The zero-order chi connectivity index (χ0) is 25.1. The lowest BCUT2D eigenvalue weighted by Gasteiger charge is -2.40. The average molecular weight is 487 g/mol. The van der Waals surface area contributed by atoms with Crippen molar-refractivity contribution in [3.63, 3.8) is 0 Å². The second kappa shape index (κ2) is 10.6. The van der Waals surface area contributed by atoms with E-state index in [1.54, 1.807) is 42.6 Å². The predicted molar refractivity (Wildman–Crippen MR) is 137 cm³/mol. The van der Waals surface area contributed by atoms with E-state index in [2.05, 4.69) is 27.0 Å². The largest absolute Gasteiger partial charge is 0.469 e. The number of halogens is 1. The molecule has 0 aliphatic carbocycles. The minimum atomic E-state index is -0.223. The Morgan fingerprint density at radius 1 is 1.11 bits per heavy atom. The Morgan fingerprint density at radius 3 is 2.58 bits per heavy atom. The summed E-state index contributed by atoms with van der Waals surface area (Å²) in [5.41, 5.74) is 4.23. The second-order valence-corrected chi connectivity index (χ2v) is 9.66. The minimum Gasteiger partial charge on any atom is -0.469 e. The highest BCUT2D eigenvalue weighted by atomic mass is 19.1. The topological polar surface area (TPSA) is 62.5 Å². The lowest BCUT2D eigenvalue weighted by Crippen LogP contribution is -2.47. The number of fused-ring (bicyclic) bond motifs is 1. The van der Waals surface area contributed by atoms with E-state index in [1.807, 2.05) is 25.2 Å². The number of aryl methyl sites for hydroxylation is 1. The molecule has 1 saturated heterocycles. The maximum atomic E-state index is 14.6. The average Bonchev–Trinajstić information content (AvgIpc) is 3.33. The molecule has 1 aliphatic heterocycles. The van der Waals surface area contributed by atoms with E-state index in [1.165, 1.54) is 11.6 Å². The number of likely N-dealkylation sites (N-methyl/N-ethyl adjacent to an activating group) is 1. The third kappa shape index (κ3) is 5.16. The zero-order valence-electron chi connectivity index (χ0n) is 20.7. The van der Waals surface area contributed by atoms with Gasteiger partial charge >= 0.3 is 0 Å². The van der Waals surface area contributed by atoms with Crippen LogP contribution in [0.15, 0.2) is 71.6 Å². The van der Waals surface area contributed by atoms with Crippen LogP contribution >= 0.6 is 0 Å². The molecule has 2 aromatic heterocycles. The Morgan fingerprint density at radius 2 is 1.86 bits per heavy atom. The van der Waals surface area contributed by atoms with Gasteiger partial charge < -0.3 is 9.32 Å². The minimum absolute atomic E-state index is 0.0812. The standard InChI is InChI=1S/C29H31FN4O2/c1-20-24(11-16-36-20)29(35)33(2)28(18-23-5-3-4-6-25(23)30)22-9-14-34(15-10-22)19-21-7-8-26-27(17-21)32-13-12-31-26/h3-8,11-13,16-17,22,28H,9-10,14-15,18-19H2,1-2H3. The van der Waals surface area contributed by atoms with Crippen molar-refractivity contribution in [3.05, 3.63) is 95.5 Å². The molecule has 2 aromatic carbocycles. The molecule has 5 rings (SSSR count). The summed E-state index contributed by atoms with van der Waals surface area (Å²) in [5, 5.41) is 0. The summed E-state index contributed by atoms with van der Waals surface area (Å²) >= 11 is 0. The van der Waals surface area contributed by atoms with E-state index in [-0.39, 0.29) is 23.7 Å². The van der Waals surface area contributed by atoms with Gasteiger partial charge in [0, 0.05) is 32.0 Å². The maximum Gasteiger partial charge on any atom is 0.257 e. The highest BCUT2D eigenvalue weighted by molar-refractivity contribution is 5.95. The number of carbonyl (C=O) groups is 1. The molecule has 1 amide bonds. The number of furan rings is 1. The second-order valence-electron chi connectivity index (χ2n) is 9.66. The quantitative estimate of drug-likeness (QED) is 0.356. The smallest absolute Gasteiger partial charge is 0.257 e. The first-order valence-corrected chi connectivity index (χ1v) is 12.5. The Labute approximate surface area is 210 Å². The molecule has 4 aromatic rings. The molecule has 1 aliphatic rings. The van der Waals surface area contributed by atoms with Crippen LogP contribution in [0.1, 0.15) is 40.1 Å². The highest BCUT2D eigenvalue weighted by Crippen LogP contribution is 2.29. The van der Waals surface area contributed by atoms with Gasteiger partial charge in [-0.3, -0.25) is 19.7 Å². The molecular formula is C29H31FN4O2. The number of hydrogen-bond acceptors (Lipinski definition) is 5. The lowest BCUT2D eigenvalue weighted by atomic mass is 9.84. The van der Waals surface area contributed by atoms with Gasteiger partial charge in [-0.15, -0.1) is 0 Å². The number of likely N-dealkylation sites (tertiary alicyclic amines) is 1. The number of benzene rings is 2. The summed E-state index contributed by atoms with van der Waals surface area (Å²) in [6.07, 6.45) is 7.33. The maximum absolute atomic E-state index is 14.6. The van der Waals surface area contributed by atoms with E-state index >= 15 is 0 Å². The number of aromatic nitrogens is 2. The van der Waals surface area contributed by atoms with E-state index < -0.39 is 0 Å². The molecule has 3 heterocycles. The van der Waals surface area contributed by atoms with Crippen molar-refractivity contribution in [1.82, 2.24) is 19.8 Å². The number of piperidine rings is 1. The number of amides is 1. The third-order valence-electron chi connectivity index (χ3n) is 7.41. The Balaban J connectivity index is 1.30. The first kappa shape index (κ1) is 24.1. The summed E-state index contributed by atoms with van der Waals surface area (Å²) in [6.45, 7) is 4.48. The molecule has 36 heavy (non-hydrogen) atoms. The number of nitrogens with zero attached hydrogens (tertiary/aromatic N) is 4. The molecule has 0 bridgehead atoms. The van der Waals surface area contributed by atoms with Gasteiger partial charge in [0.25, 0.3) is 5.91 Å². The molecule has 1 atom stereocenters. The van der Waals surface area contributed by atoms with Gasteiger partial charge in [-0.05, 0) is 80.6 Å². The van der Waals surface area contributed by atoms with E-state index in [0.717, 1.165) is 43.5 Å². The molecule has 6 nitrogen and oxygen atoms in total. The van der Waals surface area contributed by atoms with Crippen LogP contribution in [-0.2, 0) is 13.0 Å². The Bertz CT molecular complexity index is 1350. The van der Waals surface area contributed by atoms with Crippen molar-refractivity contribution >= 4 is 16.9 Å². The van der Waals surface area contributed by atoms with Crippen molar-refractivity contribution in [1.29, 1.82) is 0 Å². The summed E-state index contributed by atoms with van der Waals surface area (Å²) in [4.78, 5) is 26.4. The molecule has 0 spiro atoms. The molecule has 0 saturated carbocycles. The fourth-order valence-corrected chi connectivity index (χ4v) is 5.32. The van der Waals surface area contributed by atoms with Gasteiger partial charge in [0.15, 0.2) is 0 Å². The Hall–Kier alpha value is -3.58. The van der Waals surface area contributed by atoms with Crippen LogP contribution in [0.25, 0.3) is 11.0 Å². The number of rotatable bonds is 7. The fraction of sp³-hybridized carbons (Fsp3) is 0.345. The molecule has 7 heteroatoms. The number of carbonyl (C=O) groups excluding carboxylic acids is 1. The van der Waals surface area contributed by atoms with Gasteiger partial charge in [-0.1, -0.05) is 24.3 Å². The van der Waals surface area contributed by atoms with Gasteiger partial charge in [-0.2, -0.15) is 0 Å². The van der Waals surface area contributed by atoms with Crippen molar-refractivity contribution in [3.8, 4) is 0 Å². The van der Waals surface area contributed by atoms with Crippen LogP contribution in [0.4, 0.5) is 4.39 Å². The van der Waals surface area contributed by atoms with Crippen LogP contribution in [0.5, 0.6) is 0 Å². The monoisotopic (exact) mass is 486 g/mol. The normalized spacial score (nSPS) is 15.8. The number of hydrogen-bond donors (Lipinski definition) is 0. The highest BCUT2D eigenvalue weighted by Gasteiger charge is 2.33. The zero-order valence-corrected chi connectivity index (χ0v) is 20.7. The van der Waals surface area contributed by atoms with Crippen molar-refractivity contribution < 1.29 is 13.6 Å². The molecule has 1 fully saturated rings. The third-order valence-corrected chi connectivity index (χ3v) is 7.41. The van der Waals surface area contributed by atoms with E-state index in [9.17, 15) is 9.18 Å². The van der Waals surface area contributed by atoms with Crippen molar-refractivity contribution in [2.24, 2.45) is 5.92 Å².